The lowest BCUT2D eigenvalue weighted by Crippen LogP contribution is -2.18. The van der Waals surface area contributed by atoms with E-state index in [-0.39, 0.29) is 69.6 Å². The maximum atomic E-state index is 13.6. The van der Waals surface area contributed by atoms with E-state index in [9.17, 15) is 28.8 Å². The number of hydrogen-bond donors (Lipinski definition) is 0. The van der Waals surface area contributed by atoms with E-state index in [0.29, 0.717) is 0 Å². The van der Waals surface area contributed by atoms with Crippen LogP contribution < -0.4 is 9.47 Å². The summed E-state index contributed by atoms with van der Waals surface area (Å²) in [6.07, 6.45) is 0.285. The van der Waals surface area contributed by atoms with Gasteiger partial charge in [0.15, 0.2) is 11.6 Å². The molecule has 0 amide bonds. The second kappa shape index (κ2) is 16.1. The summed E-state index contributed by atoms with van der Waals surface area (Å²) < 4.78 is 10.9. The number of esters is 2. The first-order valence-corrected chi connectivity index (χ1v) is 15.3. The number of rotatable bonds is 12. The van der Waals surface area contributed by atoms with Crippen LogP contribution in [0.4, 0.5) is 0 Å². The van der Waals surface area contributed by atoms with Crippen LogP contribution in [0, 0.1) is 11.8 Å². The van der Waals surface area contributed by atoms with Crippen LogP contribution in [0.25, 0.3) is 0 Å². The zero-order valence-corrected chi connectivity index (χ0v) is 26.9. The van der Waals surface area contributed by atoms with Gasteiger partial charge in [0.1, 0.15) is 11.5 Å². The van der Waals surface area contributed by atoms with Crippen molar-refractivity contribution in [1.82, 2.24) is 0 Å². The standard InChI is InChI=1S/C38H34O10/c1-23(2)21-33(39)45-31-19-11-9-17-29(31)35(41)25-13-5-7-15-27(25)37(43)47-48-38(44)28-16-8-6-14-26(28)36(42)30-18-10-12-20-32(30)46-34(40)22-24(3)4/h5-20,23-24H,21-22H2,1-4H3. The van der Waals surface area contributed by atoms with Crippen molar-refractivity contribution in [3.05, 3.63) is 130 Å². The molecule has 0 aliphatic rings. The highest BCUT2D eigenvalue weighted by Gasteiger charge is 2.27. The Balaban J connectivity index is 1.52. The van der Waals surface area contributed by atoms with Crippen LogP contribution >= 0.6 is 0 Å². The monoisotopic (exact) mass is 650 g/mol. The van der Waals surface area contributed by atoms with Gasteiger partial charge in [0, 0.05) is 24.0 Å². The average molecular weight is 651 g/mol. The van der Waals surface area contributed by atoms with Gasteiger partial charge in [-0.1, -0.05) is 88.4 Å². The molecule has 0 aliphatic heterocycles. The molecule has 0 saturated carbocycles. The fourth-order valence-electron chi connectivity index (χ4n) is 4.66. The van der Waals surface area contributed by atoms with Crippen molar-refractivity contribution < 1.29 is 48.0 Å². The zero-order valence-electron chi connectivity index (χ0n) is 26.9. The molecule has 10 heteroatoms. The van der Waals surface area contributed by atoms with Crippen LogP contribution in [0.1, 0.15) is 93.1 Å². The van der Waals surface area contributed by atoms with Crippen molar-refractivity contribution in [3.63, 3.8) is 0 Å². The van der Waals surface area contributed by atoms with Gasteiger partial charge in [0.2, 0.25) is 0 Å². The van der Waals surface area contributed by atoms with Gasteiger partial charge in [0.25, 0.3) is 0 Å². The molecule has 0 heterocycles. The van der Waals surface area contributed by atoms with Crippen molar-refractivity contribution in [3.8, 4) is 11.5 Å². The van der Waals surface area contributed by atoms with Crippen LogP contribution in [0.3, 0.4) is 0 Å². The van der Waals surface area contributed by atoms with Crippen molar-refractivity contribution >= 4 is 35.4 Å². The van der Waals surface area contributed by atoms with E-state index in [4.69, 9.17) is 19.2 Å². The molecule has 48 heavy (non-hydrogen) atoms. The molecule has 0 N–H and O–H groups in total. The summed E-state index contributed by atoms with van der Waals surface area (Å²) in [6.45, 7) is 7.43. The molecule has 246 valence electrons. The van der Waals surface area contributed by atoms with Gasteiger partial charge in [-0.25, -0.2) is 19.4 Å². The van der Waals surface area contributed by atoms with Crippen molar-refractivity contribution in [1.29, 1.82) is 0 Å². The maximum absolute atomic E-state index is 13.6. The summed E-state index contributed by atoms with van der Waals surface area (Å²) in [7, 11) is 0. The smallest absolute Gasteiger partial charge is 0.387 e. The Morgan fingerprint density at radius 2 is 0.729 bits per heavy atom. The Kier molecular flexibility index (Phi) is 11.7. The molecule has 0 atom stereocenters. The first kappa shape index (κ1) is 35.0. The highest BCUT2D eigenvalue weighted by molar-refractivity contribution is 6.17. The minimum absolute atomic E-state index is 0.0280. The minimum atomic E-state index is -1.16. The van der Waals surface area contributed by atoms with Crippen LogP contribution in [0.15, 0.2) is 97.1 Å². The van der Waals surface area contributed by atoms with E-state index in [0.717, 1.165) is 0 Å². The normalized spacial score (nSPS) is 10.7. The van der Waals surface area contributed by atoms with Gasteiger partial charge in [-0.2, -0.15) is 0 Å². The molecule has 0 aliphatic carbocycles. The van der Waals surface area contributed by atoms with Gasteiger partial charge in [-0.15, -0.1) is 0 Å². The Morgan fingerprint density at radius 3 is 1.06 bits per heavy atom. The van der Waals surface area contributed by atoms with E-state index in [1.54, 1.807) is 24.3 Å². The Bertz CT molecular complexity index is 1720. The molecule has 4 rings (SSSR count). The topological polar surface area (TPSA) is 139 Å². The molecule has 4 aromatic rings. The zero-order chi connectivity index (χ0) is 34.8. The Labute approximate surface area is 277 Å². The van der Waals surface area contributed by atoms with Crippen LogP contribution in [-0.2, 0) is 19.4 Å². The SMILES string of the molecule is CC(C)CC(=O)Oc1ccccc1C(=O)c1ccccc1C(=O)OOC(=O)c1ccccc1C(=O)c1ccccc1OC(=O)CC(C)C. The van der Waals surface area contributed by atoms with Gasteiger partial charge in [-0.3, -0.25) is 19.2 Å². The quantitative estimate of drug-likeness (QED) is 0.0519. The van der Waals surface area contributed by atoms with Crippen LogP contribution in [0.5, 0.6) is 11.5 Å². The van der Waals surface area contributed by atoms with E-state index < -0.39 is 35.4 Å². The van der Waals surface area contributed by atoms with E-state index in [2.05, 4.69) is 0 Å². The summed E-state index contributed by atoms with van der Waals surface area (Å²) in [6, 6.07) is 23.7. The van der Waals surface area contributed by atoms with Crippen LogP contribution in [-0.4, -0.2) is 35.4 Å². The maximum Gasteiger partial charge on any atom is 0.387 e. The third-order valence-corrected chi connectivity index (χ3v) is 6.84. The number of carbonyl (C=O) groups is 6. The molecule has 0 saturated heterocycles. The number of hydrogen-bond acceptors (Lipinski definition) is 10. The molecule has 0 aromatic heterocycles. The number of ketones is 2. The number of carbonyl (C=O) groups excluding carboxylic acids is 6. The van der Waals surface area contributed by atoms with Gasteiger partial charge >= 0.3 is 23.9 Å². The summed E-state index contributed by atoms with van der Waals surface area (Å²) in [5.41, 5.74) is -0.556. The molecule has 0 bridgehead atoms. The molecular weight excluding hydrogens is 616 g/mol. The second-order valence-corrected chi connectivity index (χ2v) is 11.6. The fraction of sp³-hybridized carbons (Fsp3) is 0.211. The largest absolute Gasteiger partial charge is 0.426 e. The average Bonchev–Trinajstić information content (AvgIpc) is 3.06. The summed E-state index contributed by atoms with van der Waals surface area (Å²) in [5.74, 6) is -4.48. The number of benzene rings is 4. The third-order valence-electron chi connectivity index (χ3n) is 6.84. The first-order valence-electron chi connectivity index (χ1n) is 15.3. The van der Waals surface area contributed by atoms with Gasteiger partial charge < -0.3 is 9.47 Å². The van der Waals surface area contributed by atoms with Crippen molar-refractivity contribution in [2.75, 3.05) is 0 Å². The lowest BCUT2D eigenvalue weighted by atomic mass is 9.97. The lowest BCUT2D eigenvalue weighted by Gasteiger charge is -2.13. The highest BCUT2D eigenvalue weighted by Crippen LogP contribution is 2.26. The Hall–Kier alpha value is -5.90. The molecule has 4 aromatic carbocycles. The summed E-state index contributed by atoms with van der Waals surface area (Å²) in [4.78, 5) is 87.8. The predicted octanol–water partition coefficient (Wildman–Crippen LogP) is 6.98. The number of para-hydroxylation sites is 2. The van der Waals surface area contributed by atoms with Gasteiger partial charge in [-0.05, 0) is 48.2 Å². The van der Waals surface area contributed by atoms with E-state index in [1.165, 1.54) is 72.8 Å². The summed E-state index contributed by atoms with van der Waals surface area (Å²) in [5, 5.41) is 0. The molecular formula is C38H34O10. The minimum Gasteiger partial charge on any atom is -0.426 e. The molecule has 0 radical (unpaired) electrons. The third kappa shape index (κ3) is 8.88. The molecule has 10 nitrogen and oxygen atoms in total. The molecule has 0 fully saturated rings. The van der Waals surface area contributed by atoms with Crippen LogP contribution in [0.2, 0.25) is 0 Å². The predicted molar refractivity (Wildman–Crippen MR) is 174 cm³/mol. The van der Waals surface area contributed by atoms with Crippen molar-refractivity contribution in [2.45, 2.75) is 40.5 Å². The van der Waals surface area contributed by atoms with Crippen molar-refractivity contribution in [2.24, 2.45) is 11.8 Å². The molecule has 0 spiro atoms. The second-order valence-electron chi connectivity index (χ2n) is 11.6. The summed E-state index contributed by atoms with van der Waals surface area (Å²) >= 11 is 0. The van der Waals surface area contributed by atoms with E-state index >= 15 is 0 Å². The van der Waals surface area contributed by atoms with E-state index in [1.807, 2.05) is 27.7 Å². The first-order chi connectivity index (χ1) is 23.0. The Morgan fingerprint density at radius 1 is 0.438 bits per heavy atom. The highest BCUT2D eigenvalue weighted by atomic mass is 17.2. The lowest BCUT2D eigenvalue weighted by molar-refractivity contribution is -0.187. The fourth-order valence-corrected chi connectivity index (χ4v) is 4.66. The van der Waals surface area contributed by atoms with Gasteiger partial charge in [0.05, 0.1) is 22.3 Å². The number of ether oxygens (including phenoxy) is 2. The molecule has 0 unspecified atom stereocenters.